The van der Waals surface area contributed by atoms with Gasteiger partial charge in [-0.2, -0.15) is 0 Å². The molecule has 1 fully saturated rings. The van der Waals surface area contributed by atoms with Crippen molar-refractivity contribution in [1.82, 2.24) is 19.8 Å². The SMILES string of the molecule is O=C1NC(=O)N(CCCn2ccnc2)C1c1ccc(-c2ccccc2)cc1. The number of aromatic nitrogens is 2. The van der Waals surface area contributed by atoms with Crippen LogP contribution in [-0.4, -0.2) is 32.9 Å². The molecule has 3 amide bonds. The van der Waals surface area contributed by atoms with Gasteiger partial charge in [0.2, 0.25) is 0 Å². The van der Waals surface area contributed by atoms with Crippen LogP contribution in [0.2, 0.25) is 0 Å². The molecule has 0 saturated carbocycles. The van der Waals surface area contributed by atoms with Crippen molar-refractivity contribution >= 4 is 11.9 Å². The van der Waals surface area contributed by atoms with Crippen molar-refractivity contribution in [3.63, 3.8) is 0 Å². The van der Waals surface area contributed by atoms with Crippen molar-refractivity contribution < 1.29 is 9.59 Å². The average molecular weight is 360 g/mol. The Balaban J connectivity index is 1.49. The number of carbonyl (C=O) groups excluding carboxylic acids is 2. The molecular formula is C21H20N4O2. The van der Waals surface area contributed by atoms with Gasteiger partial charge in [0.15, 0.2) is 0 Å². The Bertz CT molecular complexity index is 921. The quantitative estimate of drug-likeness (QED) is 0.686. The van der Waals surface area contributed by atoms with E-state index in [1.54, 1.807) is 17.4 Å². The first-order valence-corrected chi connectivity index (χ1v) is 8.95. The number of amides is 3. The summed E-state index contributed by atoms with van der Waals surface area (Å²) in [6, 6.07) is 17.0. The second-order valence-electron chi connectivity index (χ2n) is 6.53. The highest BCUT2D eigenvalue weighted by atomic mass is 16.2. The van der Waals surface area contributed by atoms with Crippen molar-refractivity contribution in [3.8, 4) is 11.1 Å². The maximum Gasteiger partial charge on any atom is 0.325 e. The Morgan fingerprint density at radius 3 is 2.37 bits per heavy atom. The van der Waals surface area contributed by atoms with Crippen LogP contribution in [0.25, 0.3) is 11.1 Å². The molecule has 0 aliphatic carbocycles. The van der Waals surface area contributed by atoms with Gasteiger partial charge in [-0.3, -0.25) is 10.1 Å². The number of urea groups is 1. The molecule has 6 nitrogen and oxygen atoms in total. The number of imide groups is 1. The number of imidazole rings is 1. The Morgan fingerprint density at radius 2 is 1.67 bits per heavy atom. The molecule has 0 radical (unpaired) electrons. The number of nitrogens with zero attached hydrogens (tertiary/aromatic N) is 3. The number of benzene rings is 2. The summed E-state index contributed by atoms with van der Waals surface area (Å²) < 4.78 is 1.96. The number of hydrogen-bond acceptors (Lipinski definition) is 3. The molecule has 1 N–H and O–H groups in total. The molecular weight excluding hydrogens is 340 g/mol. The predicted octanol–water partition coefficient (Wildman–Crippen LogP) is 3.23. The van der Waals surface area contributed by atoms with Crippen LogP contribution in [0, 0.1) is 0 Å². The summed E-state index contributed by atoms with van der Waals surface area (Å²) in [5, 5.41) is 2.43. The van der Waals surface area contributed by atoms with Crippen molar-refractivity contribution in [3.05, 3.63) is 78.9 Å². The number of aryl methyl sites for hydroxylation is 1. The molecule has 2 heterocycles. The van der Waals surface area contributed by atoms with Gasteiger partial charge in [0.05, 0.1) is 6.33 Å². The normalized spacial score (nSPS) is 16.6. The highest BCUT2D eigenvalue weighted by Crippen LogP contribution is 2.28. The molecule has 1 unspecified atom stereocenters. The zero-order chi connectivity index (χ0) is 18.6. The molecule has 3 aromatic rings. The lowest BCUT2D eigenvalue weighted by atomic mass is 10.00. The van der Waals surface area contributed by atoms with Crippen molar-refractivity contribution in [1.29, 1.82) is 0 Å². The summed E-state index contributed by atoms with van der Waals surface area (Å²) in [6.07, 6.45) is 6.10. The number of rotatable bonds is 6. The average Bonchev–Trinajstić information content (AvgIpc) is 3.31. The summed E-state index contributed by atoms with van der Waals surface area (Å²) in [4.78, 5) is 30.2. The largest absolute Gasteiger partial charge is 0.337 e. The molecule has 6 heteroatoms. The van der Waals surface area contributed by atoms with E-state index < -0.39 is 6.04 Å². The third-order valence-corrected chi connectivity index (χ3v) is 4.76. The predicted molar refractivity (Wildman–Crippen MR) is 102 cm³/mol. The minimum atomic E-state index is -0.579. The second-order valence-corrected chi connectivity index (χ2v) is 6.53. The second kappa shape index (κ2) is 7.45. The van der Waals surface area contributed by atoms with Crippen LogP contribution < -0.4 is 5.32 Å². The van der Waals surface area contributed by atoms with Gasteiger partial charge in [-0.25, -0.2) is 9.78 Å². The topological polar surface area (TPSA) is 67.2 Å². The molecule has 27 heavy (non-hydrogen) atoms. The summed E-state index contributed by atoms with van der Waals surface area (Å²) >= 11 is 0. The van der Waals surface area contributed by atoms with Crippen LogP contribution in [0.1, 0.15) is 18.0 Å². The van der Waals surface area contributed by atoms with Crippen LogP contribution in [0.4, 0.5) is 4.79 Å². The molecule has 0 spiro atoms. The minimum Gasteiger partial charge on any atom is -0.337 e. The first-order chi connectivity index (χ1) is 13.2. The fourth-order valence-electron chi connectivity index (χ4n) is 3.40. The molecule has 1 aromatic heterocycles. The Hall–Kier alpha value is -3.41. The van der Waals surface area contributed by atoms with Crippen LogP contribution in [0.15, 0.2) is 73.3 Å². The lowest BCUT2D eigenvalue weighted by Crippen LogP contribution is -2.31. The van der Waals surface area contributed by atoms with E-state index in [-0.39, 0.29) is 11.9 Å². The Kier molecular flexibility index (Phi) is 4.70. The van der Waals surface area contributed by atoms with Gasteiger partial charge in [0.25, 0.3) is 5.91 Å². The van der Waals surface area contributed by atoms with Crippen molar-refractivity contribution in [2.75, 3.05) is 6.54 Å². The van der Waals surface area contributed by atoms with E-state index in [0.29, 0.717) is 6.54 Å². The maximum absolute atomic E-state index is 12.4. The summed E-state index contributed by atoms with van der Waals surface area (Å²) in [5.74, 6) is -0.268. The standard InChI is InChI=1S/C21H20N4O2/c26-20-19(18-9-7-17(8-10-18)16-5-2-1-3-6-16)25(21(27)23-20)13-4-12-24-14-11-22-15-24/h1-3,5-11,14-15,19H,4,12-13H2,(H,23,26,27). The van der Waals surface area contributed by atoms with E-state index in [1.165, 1.54) is 0 Å². The van der Waals surface area contributed by atoms with E-state index in [4.69, 9.17) is 0 Å². The van der Waals surface area contributed by atoms with E-state index in [9.17, 15) is 9.59 Å². The molecule has 1 atom stereocenters. The van der Waals surface area contributed by atoms with Crippen LogP contribution >= 0.6 is 0 Å². The van der Waals surface area contributed by atoms with Crippen LogP contribution in [-0.2, 0) is 11.3 Å². The molecule has 136 valence electrons. The lowest BCUT2D eigenvalue weighted by molar-refractivity contribution is -0.121. The first-order valence-electron chi connectivity index (χ1n) is 8.95. The van der Waals surface area contributed by atoms with Gasteiger partial charge in [-0.15, -0.1) is 0 Å². The number of nitrogens with one attached hydrogen (secondary N) is 1. The van der Waals surface area contributed by atoms with Crippen LogP contribution in [0.3, 0.4) is 0 Å². The summed E-state index contributed by atoms with van der Waals surface area (Å²) in [7, 11) is 0. The smallest absolute Gasteiger partial charge is 0.325 e. The number of carbonyl (C=O) groups is 2. The van der Waals surface area contributed by atoms with Crippen molar-refractivity contribution in [2.45, 2.75) is 19.0 Å². The third-order valence-electron chi connectivity index (χ3n) is 4.76. The molecule has 1 saturated heterocycles. The van der Waals surface area contributed by atoms with Gasteiger partial charge >= 0.3 is 6.03 Å². The lowest BCUT2D eigenvalue weighted by Gasteiger charge is -2.22. The van der Waals surface area contributed by atoms with E-state index >= 15 is 0 Å². The van der Waals surface area contributed by atoms with Crippen molar-refractivity contribution in [2.24, 2.45) is 0 Å². The van der Waals surface area contributed by atoms with E-state index in [1.807, 2.05) is 65.4 Å². The zero-order valence-corrected chi connectivity index (χ0v) is 14.8. The van der Waals surface area contributed by atoms with Gasteiger partial charge in [-0.05, 0) is 23.1 Å². The molecule has 1 aliphatic heterocycles. The first kappa shape index (κ1) is 17.0. The van der Waals surface area contributed by atoms with Gasteiger partial charge < -0.3 is 9.47 Å². The van der Waals surface area contributed by atoms with E-state index in [0.717, 1.165) is 29.7 Å². The van der Waals surface area contributed by atoms with E-state index in [2.05, 4.69) is 10.3 Å². The maximum atomic E-state index is 12.4. The fraction of sp³-hybridized carbons (Fsp3) is 0.190. The van der Waals surface area contributed by atoms with Gasteiger partial charge in [-0.1, -0.05) is 54.6 Å². The summed E-state index contributed by atoms with van der Waals surface area (Å²) in [5.41, 5.74) is 3.02. The van der Waals surface area contributed by atoms with Gasteiger partial charge in [0.1, 0.15) is 6.04 Å². The minimum absolute atomic E-state index is 0.268. The summed E-state index contributed by atoms with van der Waals surface area (Å²) in [6.45, 7) is 1.25. The third kappa shape index (κ3) is 3.60. The van der Waals surface area contributed by atoms with Crippen LogP contribution in [0.5, 0.6) is 0 Å². The molecule has 0 bridgehead atoms. The highest BCUT2D eigenvalue weighted by molar-refractivity contribution is 6.04. The molecule has 1 aliphatic rings. The Morgan fingerprint density at radius 1 is 0.926 bits per heavy atom. The molecule has 4 rings (SSSR count). The highest BCUT2D eigenvalue weighted by Gasteiger charge is 2.38. The Labute approximate surface area is 157 Å². The fourth-order valence-corrected chi connectivity index (χ4v) is 3.40. The number of hydrogen-bond donors (Lipinski definition) is 1. The zero-order valence-electron chi connectivity index (χ0n) is 14.8. The molecule has 2 aromatic carbocycles. The monoisotopic (exact) mass is 360 g/mol. The van der Waals surface area contributed by atoms with Gasteiger partial charge in [0, 0.05) is 25.5 Å².